The minimum Gasteiger partial charge on any atom is -0.366 e. The molecule has 3 aromatic rings. The third-order valence-corrected chi connectivity index (χ3v) is 5.31. The Bertz CT molecular complexity index is 1000. The van der Waals surface area contributed by atoms with Crippen LogP contribution in [0.15, 0.2) is 48.8 Å². The van der Waals surface area contributed by atoms with Crippen molar-refractivity contribution in [2.24, 2.45) is 0 Å². The molecule has 6 nitrogen and oxygen atoms in total. The number of carbonyl (C=O) groups is 1. The van der Waals surface area contributed by atoms with Gasteiger partial charge in [0, 0.05) is 48.5 Å². The molecule has 0 bridgehead atoms. The predicted molar refractivity (Wildman–Crippen MR) is 114 cm³/mol. The summed E-state index contributed by atoms with van der Waals surface area (Å²) in [4.78, 5) is 27.4. The Morgan fingerprint density at radius 2 is 1.76 bits per heavy atom. The SMILES string of the molecule is Cc1nc2c(c(NCc3ccc(N(C)C(=O)c4ccncc4)cc3)n1)CCCC2. The van der Waals surface area contributed by atoms with Gasteiger partial charge in [-0.15, -0.1) is 0 Å². The molecule has 1 aliphatic carbocycles. The highest BCUT2D eigenvalue weighted by Gasteiger charge is 2.17. The van der Waals surface area contributed by atoms with Crippen molar-refractivity contribution in [2.75, 3.05) is 17.3 Å². The fourth-order valence-electron chi connectivity index (χ4n) is 3.69. The Labute approximate surface area is 171 Å². The standard InChI is InChI=1S/C23H25N5O/c1-16-26-21-6-4-3-5-20(21)22(27-16)25-15-17-7-9-19(10-8-17)28(2)23(29)18-11-13-24-14-12-18/h7-14H,3-6,15H2,1-2H3,(H,25,26,27). The van der Waals surface area contributed by atoms with E-state index in [1.807, 2.05) is 31.2 Å². The van der Waals surface area contributed by atoms with Gasteiger partial charge in [0.05, 0.1) is 0 Å². The Balaban J connectivity index is 1.44. The van der Waals surface area contributed by atoms with Gasteiger partial charge in [-0.1, -0.05) is 12.1 Å². The molecule has 148 valence electrons. The fraction of sp³-hybridized carbons (Fsp3) is 0.304. The molecule has 0 saturated carbocycles. The van der Waals surface area contributed by atoms with Crippen molar-refractivity contribution in [3.8, 4) is 0 Å². The third-order valence-electron chi connectivity index (χ3n) is 5.31. The number of carbonyl (C=O) groups excluding carboxylic acids is 1. The first kappa shape index (κ1) is 19.1. The van der Waals surface area contributed by atoms with E-state index in [-0.39, 0.29) is 5.91 Å². The number of fused-ring (bicyclic) bond motifs is 1. The van der Waals surface area contributed by atoms with Gasteiger partial charge < -0.3 is 10.2 Å². The molecule has 0 aliphatic heterocycles. The number of amides is 1. The first-order valence-electron chi connectivity index (χ1n) is 9.99. The molecule has 2 aromatic heterocycles. The summed E-state index contributed by atoms with van der Waals surface area (Å²) in [5, 5.41) is 3.49. The normalized spacial score (nSPS) is 12.9. The smallest absolute Gasteiger partial charge is 0.258 e. The largest absolute Gasteiger partial charge is 0.366 e. The lowest BCUT2D eigenvalue weighted by Crippen LogP contribution is -2.26. The van der Waals surface area contributed by atoms with Crippen LogP contribution in [0.25, 0.3) is 0 Å². The van der Waals surface area contributed by atoms with Gasteiger partial charge in [0.1, 0.15) is 11.6 Å². The molecule has 29 heavy (non-hydrogen) atoms. The number of rotatable bonds is 5. The lowest BCUT2D eigenvalue weighted by molar-refractivity contribution is 0.0993. The van der Waals surface area contributed by atoms with E-state index in [0.29, 0.717) is 12.1 Å². The zero-order valence-electron chi connectivity index (χ0n) is 16.9. The van der Waals surface area contributed by atoms with Crippen LogP contribution in [0.1, 0.15) is 45.8 Å². The molecule has 0 saturated heterocycles. The van der Waals surface area contributed by atoms with Gasteiger partial charge >= 0.3 is 0 Å². The van der Waals surface area contributed by atoms with E-state index in [1.54, 1.807) is 36.5 Å². The van der Waals surface area contributed by atoms with E-state index in [4.69, 9.17) is 0 Å². The highest BCUT2D eigenvalue weighted by molar-refractivity contribution is 6.05. The van der Waals surface area contributed by atoms with Crippen molar-refractivity contribution in [3.05, 3.63) is 77.0 Å². The summed E-state index contributed by atoms with van der Waals surface area (Å²) in [5.74, 6) is 1.72. The maximum absolute atomic E-state index is 12.6. The Morgan fingerprint density at radius 1 is 1.03 bits per heavy atom. The molecule has 0 radical (unpaired) electrons. The molecule has 0 spiro atoms. The van der Waals surface area contributed by atoms with E-state index in [1.165, 1.54) is 24.1 Å². The van der Waals surface area contributed by atoms with Gasteiger partial charge in [0.25, 0.3) is 5.91 Å². The van der Waals surface area contributed by atoms with Gasteiger partial charge in [-0.05, 0) is 62.4 Å². The molecule has 0 atom stereocenters. The lowest BCUT2D eigenvalue weighted by Gasteiger charge is -2.20. The van der Waals surface area contributed by atoms with Crippen molar-refractivity contribution < 1.29 is 4.79 Å². The van der Waals surface area contributed by atoms with Gasteiger partial charge in [-0.3, -0.25) is 9.78 Å². The highest BCUT2D eigenvalue weighted by atomic mass is 16.2. The number of anilines is 2. The average Bonchev–Trinajstić information content (AvgIpc) is 2.77. The molecule has 0 unspecified atom stereocenters. The Kier molecular flexibility index (Phi) is 5.51. The summed E-state index contributed by atoms with van der Waals surface area (Å²) in [7, 11) is 1.78. The highest BCUT2D eigenvalue weighted by Crippen LogP contribution is 2.26. The molecule has 2 heterocycles. The Hall–Kier alpha value is -3.28. The van der Waals surface area contributed by atoms with E-state index < -0.39 is 0 Å². The summed E-state index contributed by atoms with van der Waals surface area (Å²) in [5.41, 5.74) is 5.07. The molecule has 1 N–H and O–H groups in total. The van der Waals surface area contributed by atoms with Crippen molar-refractivity contribution in [1.82, 2.24) is 15.0 Å². The van der Waals surface area contributed by atoms with Gasteiger partial charge in [0.2, 0.25) is 0 Å². The summed E-state index contributed by atoms with van der Waals surface area (Å²) >= 11 is 0. The molecular formula is C23H25N5O. The molecule has 4 rings (SSSR count). The number of nitrogens with one attached hydrogen (secondary N) is 1. The molecule has 1 amide bonds. The summed E-state index contributed by atoms with van der Waals surface area (Å²) < 4.78 is 0. The number of hydrogen-bond donors (Lipinski definition) is 1. The van der Waals surface area contributed by atoms with Crippen LogP contribution < -0.4 is 10.2 Å². The maximum atomic E-state index is 12.6. The van der Waals surface area contributed by atoms with Crippen LogP contribution in [0.5, 0.6) is 0 Å². The molecular weight excluding hydrogens is 362 g/mol. The number of benzene rings is 1. The van der Waals surface area contributed by atoms with Crippen molar-refractivity contribution >= 4 is 17.4 Å². The van der Waals surface area contributed by atoms with Gasteiger partial charge in [0.15, 0.2) is 0 Å². The third kappa shape index (κ3) is 4.26. The van der Waals surface area contributed by atoms with Crippen molar-refractivity contribution in [1.29, 1.82) is 0 Å². The fourth-order valence-corrected chi connectivity index (χ4v) is 3.69. The number of hydrogen-bond acceptors (Lipinski definition) is 5. The number of pyridine rings is 1. The maximum Gasteiger partial charge on any atom is 0.258 e. The number of aromatic nitrogens is 3. The number of nitrogens with zero attached hydrogens (tertiary/aromatic N) is 4. The predicted octanol–water partition coefficient (Wildman–Crippen LogP) is 3.95. The number of aryl methyl sites for hydroxylation is 2. The molecule has 1 aliphatic rings. The summed E-state index contributed by atoms with van der Waals surface area (Å²) in [6.45, 7) is 2.63. The quantitative estimate of drug-likeness (QED) is 0.718. The minimum absolute atomic E-state index is 0.0543. The second kappa shape index (κ2) is 8.39. The topological polar surface area (TPSA) is 71.0 Å². The van der Waals surface area contributed by atoms with Crippen LogP contribution in [0, 0.1) is 6.92 Å². The van der Waals surface area contributed by atoms with Crippen LogP contribution in [-0.4, -0.2) is 27.9 Å². The van der Waals surface area contributed by atoms with Crippen LogP contribution in [0.3, 0.4) is 0 Å². The Morgan fingerprint density at radius 3 is 2.52 bits per heavy atom. The monoisotopic (exact) mass is 387 g/mol. The zero-order chi connectivity index (χ0) is 20.2. The lowest BCUT2D eigenvalue weighted by atomic mass is 9.96. The second-order valence-electron chi connectivity index (χ2n) is 7.37. The second-order valence-corrected chi connectivity index (χ2v) is 7.37. The van der Waals surface area contributed by atoms with Crippen molar-refractivity contribution in [3.63, 3.8) is 0 Å². The summed E-state index contributed by atoms with van der Waals surface area (Å²) in [6, 6.07) is 11.5. The molecule has 1 aromatic carbocycles. The first-order chi connectivity index (χ1) is 14.1. The van der Waals surface area contributed by atoms with E-state index in [0.717, 1.165) is 35.7 Å². The van der Waals surface area contributed by atoms with E-state index in [9.17, 15) is 4.79 Å². The van der Waals surface area contributed by atoms with Crippen LogP contribution in [0.4, 0.5) is 11.5 Å². The van der Waals surface area contributed by atoms with E-state index in [2.05, 4.69) is 20.3 Å². The first-order valence-corrected chi connectivity index (χ1v) is 9.99. The summed E-state index contributed by atoms with van der Waals surface area (Å²) in [6.07, 6.45) is 7.74. The van der Waals surface area contributed by atoms with Gasteiger partial charge in [-0.2, -0.15) is 0 Å². The molecule has 6 heteroatoms. The van der Waals surface area contributed by atoms with Gasteiger partial charge in [-0.25, -0.2) is 9.97 Å². The van der Waals surface area contributed by atoms with Crippen LogP contribution in [-0.2, 0) is 19.4 Å². The van der Waals surface area contributed by atoms with Crippen molar-refractivity contribution in [2.45, 2.75) is 39.2 Å². The van der Waals surface area contributed by atoms with Crippen LogP contribution in [0.2, 0.25) is 0 Å². The molecule has 0 fully saturated rings. The zero-order valence-corrected chi connectivity index (χ0v) is 16.9. The van der Waals surface area contributed by atoms with E-state index >= 15 is 0 Å². The average molecular weight is 387 g/mol. The minimum atomic E-state index is -0.0543. The van der Waals surface area contributed by atoms with Crippen LogP contribution >= 0.6 is 0 Å².